The molecule has 74 valence electrons. The highest BCUT2D eigenvalue weighted by Crippen LogP contribution is 2.11. The number of hydrogen-bond acceptors (Lipinski definition) is 2. The number of imidazole rings is 1. The van der Waals surface area contributed by atoms with Crippen LogP contribution in [-0.4, -0.2) is 15.9 Å². The lowest BCUT2D eigenvalue weighted by Crippen LogP contribution is -2.09. The van der Waals surface area contributed by atoms with Crippen molar-refractivity contribution in [2.45, 2.75) is 13.8 Å². The van der Waals surface area contributed by atoms with E-state index in [0.29, 0.717) is 5.92 Å². The van der Waals surface area contributed by atoms with Crippen LogP contribution < -0.4 is 5.32 Å². The fourth-order valence-electron chi connectivity index (χ4n) is 1.37. The molecule has 2 aromatic rings. The number of fused-ring (bicyclic) bond motifs is 1. The molecule has 0 aliphatic carbocycles. The van der Waals surface area contributed by atoms with E-state index in [0.717, 1.165) is 18.0 Å². The van der Waals surface area contributed by atoms with Gasteiger partial charge in [-0.15, -0.1) is 0 Å². The van der Waals surface area contributed by atoms with E-state index >= 15 is 0 Å². The molecular formula is C11H15N3. The van der Waals surface area contributed by atoms with Gasteiger partial charge in [0.05, 0.1) is 6.20 Å². The standard InChI is InChI=1S/C11H15N3/c1-9(2)7-12-11-8-13-10-5-3-4-6-14(10)11/h3-6,8-9,12H,7H2,1-2H3. The van der Waals surface area contributed by atoms with Gasteiger partial charge < -0.3 is 5.32 Å². The summed E-state index contributed by atoms with van der Waals surface area (Å²) >= 11 is 0. The predicted octanol–water partition coefficient (Wildman–Crippen LogP) is 2.40. The van der Waals surface area contributed by atoms with E-state index in [-0.39, 0.29) is 0 Å². The Morgan fingerprint density at radius 3 is 3.07 bits per heavy atom. The second kappa shape index (κ2) is 3.70. The average molecular weight is 189 g/mol. The van der Waals surface area contributed by atoms with Crippen molar-refractivity contribution in [2.24, 2.45) is 5.92 Å². The molecule has 0 radical (unpaired) electrons. The first-order valence-corrected chi connectivity index (χ1v) is 4.93. The van der Waals surface area contributed by atoms with E-state index in [1.807, 2.05) is 30.6 Å². The van der Waals surface area contributed by atoms with E-state index in [1.54, 1.807) is 0 Å². The van der Waals surface area contributed by atoms with Crippen molar-refractivity contribution in [2.75, 3.05) is 11.9 Å². The van der Waals surface area contributed by atoms with Crippen LogP contribution in [0.2, 0.25) is 0 Å². The van der Waals surface area contributed by atoms with Gasteiger partial charge in [0, 0.05) is 12.7 Å². The highest BCUT2D eigenvalue weighted by atomic mass is 15.1. The summed E-state index contributed by atoms with van der Waals surface area (Å²) < 4.78 is 2.06. The summed E-state index contributed by atoms with van der Waals surface area (Å²) in [6.07, 6.45) is 3.89. The predicted molar refractivity (Wildman–Crippen MR) is 58.5 cm³/mol. The van der Waals surface area contributed by atoms with Gasteiger partial charge in [-0.3, -0.25) is 4.40 Å². The topological polar surface area (TPSA) is 29.3 Å². The maximum absolute atomic E-state index is 4.30. The summed E-state index contributed by atoms with van der Waals surface area (Å²) in [6.45, 7) is 5.36. The first kappa shape index (κ1) is 9.06. The highest BCUT2D eigenvalue weighted by molar-refractivity contribution is 5.49. The normalized spacial score (nSPS) is 11.1. The number of nitrogens with one attached hydrogen (secondary N) is 1. The molecule has 0 saturated carbocycles. The first-order chi connectivity index (χ1) is 6.77. The second-order valence-electron chi connectivity index (χ2n) is 3.85. The van der Waals surface area contributed by atoms with Crippen LogP contribution in [0.5, 0.6) is 0 Å². The Hall–Kier alpha value is -1.51. The second-order valence-corrected chi connectivity index (χ2v) is 3.85. The van der Waals surface area contributed by atoms with Gasteiger partial charge in [0.1, 0.15) is 11.5 Å². The molecule has 0 fully saturated rings. The van der Waals surface area contributed by atoms with Crippen molar-refractivity contribution in [1.29, 1.82) is 0 Å². The lowest BCUT2D eigenvalue weighted by Gasteiger charge is -2.07. The van der Waals surface area contributed by atoms with Crippen molar-refractivity contribution < 1.29 is 0 Å². The minimum absolute atomic E-state index is 0.643. The number of nitrogens with zero attached hydrogens (tertiary/aromatic N) is 2. The molecule has 0 bridgehead atoms. The van der Waals surface area contributed by atoms with Crippen molar-refractivity contribution in [1.82, 2.24) is 9.38 Å². The minimum Gasteiger partial charge on any atom is -0.370 e. The first-order valence-electron chi connectivity index (χ1n) is 4.93. The summed E-state index contributed by atoms with van der Waals surface area (Å²) in [5.41, 5.74) is 0.985. The van der Waals surface area contributed by atoms with Gasteiger partial charge in [-0.2, -0.15) is 0 Å². The van der Waals surface area contributed by atoms with Gasteiger partial charge in [0.15, 0.2) is 0 Å². The molecule has 0 saturated heterocycles. The molecule has 0 spiro atoms. The van der Waals surface area contributed by atoms with E-state index in [1.165, 1.54) is 0 Å². The molecule has 0 unspecified atom stereocenters. The van der Waals surface area contributed by atoms with E-state index in [9.17, 15) is 0 Å². The van der Waals surface area contributed by atoms with Gasteiger partial charge >= 0.3 is 0 Å². The molecule has 0 aromatic carbocycles. The van der Waals surface area contributed by atoms with Gasteiger partial charge in [-0.05, 0) is 18.1 Å². The lowest BCUT2D eigenvalue weighted by atomic mass is 10.2. The number of hydrogen-bond donors (Lipinski definition) is 1. The Morgan fingerprint density at radius 1 is 1.43 bits per heavy atom. The van der Waals surface area contributed by atoms with Crippen LogP contribution in [0.3, 0.4) is 0 Å². The Kier molecular flexibility index (Phi) is 2.39. The van der Waals surface area contributed by atoms with Crippen LogP contribution in [0.4, 0.5) is 5.82 Å². The van der Waals surface area contributed by atoms with Crippen LogP contribution in [0.25, 0.3) is 5.65 Å². The van der Waals surface area contributed by atoms with Crippen molar-refractivity contribution >= 4 is 11.5 Å². The van der Waals surface area contributed by atoms with Gasteiger partial charge in [-0.1, -0.05) is 19.9 Å². The highest BCUT2D eigenvalue weighted by Gasteiger charge is 2.01. The maximum atomic E-state index is 4.30. The number of rotatable bonds is 3. The summed E-state index contributed by atoms with van der Waals surface area (Å²) in [7, 11) is 0. The van der Waals surface area contributed by atoms with E-state index in [4.69, 9.17) is 0 Å². The number of anilines is 1. The maximum Gasteiger partial charge on any atom is 0.138 e. The average Bonchev–Trinajstić information content (AvgIpc) is 2.58. The van der Waals surface area contributed by atoms with Crippen LogP contribution in [-0.2, 0) is 0 Å². The molecule has 0 aliphatic heterocycles. The zero-order chi connectivity index (χ0) is 9.97. The molecule has 3 heteroatoms. The fraction of sp³-hybridized carbons (Fsp3) is 0.364. The Morgan fingerprint density at radius 2 is 2.29 bits per heavy atom. The van der Waals surface area contributed by atoms with Crippen LogP contribution in [0.1, 0.15) is 13.8 Å². The lowest BCUT2D eigenvalue weighted by molar-refractivity contribution is 0.686. The molecule has 0 aliphatic rings. The summed E-state index contributed by atoms with van der Waals surface area (Å²) in [5, 5.41) is 3.37. The minimum atomic E-state index is 0.643. The van der Waals surface area contributed by atoms with Crippen molar-refractivity contribution in [3.05, 3.63) is 30.6 Å². The zero-order valence-electron chi connectivity index (χ0n) is 8.57. The quantitative estimate of drug-likeness (QED) is 0.803. The molecule has 2 rings (SSSR count). The summed E-state index contributed by atoms with van der Waals surface area (Å²) in [4.78, 5) is 4.30. The third kappa shape index (κ3) is 1.71. The molecule has 2 heterocycles. The summed E-state index contributed by atoms with van der Waals surface area (Å²) in [6, 6.07) is 6.00. The van der Waals surface area contributed by atoms with Crippen LogP contribution in [0.15, 0.2) is 30.6 Å². The zero-order valence-corrected chi connectivity index (χ0v) is 8.57. The van der Waals surface area contributed by atoms with Gasteiger partial charge in [0.2, 0.25) is 0 Å². The third-order valence-electron chi connectivity index (χ3n) is 2.11. The number of pyridine rings is 1. The van der Waals surface area contributed by atoms with Gasteiger partial charge in [-0.25, -0.2) is 4.98 Å². The Labute approximate surface area is 83.8 Å². The molecule has 0 atom stereocenters. The molecule has 0 amide bonds. The molecule has 1 N–H and O–H groups in total. The smallest absolute Gasteiger partial charge is 0.138 e. The Balaban J connectivity index is 2.25. The molecular weight excluding hydrogens is 174 g/mol. The summed E-state index contributed by atoms with van der Waals surface area (Å²) in [5.74, 6) is 1.71. The molecule has 14 heavy (non-hydrogen) atoms. The van der Waals surface area contributed by atoms with Crippen molar-refractivity contribution in [3.63, 3.8) is 0 Å². The largest absolute Gasteiger partial charge is 0.370 e. The van der Waals surface area contributed by atoms with Crippen molar-refractivity contribution in [3.8, 4) is 0 Å². The Bertz CT molecular complexity index is 417. The van der Waals surface area contributed by atoms with E-state index in [2.05, 4.69) is 28.5 Å². The molecule has 2 aromatic heterocycles. The van der Waals surface area contributed by atoms with Gasteiger partial charge in [0.25, 0.3) is 0 Å². The SMILES string of the molecule is CC(C)CNc1cnc2ccccn12. The molecule has 3 nitrogen and oxygen atoms in total. The van der Waals surface area contributed by atoms with Crippen LogP contribution >= 0.6 is 0 Å². The third-order valence-corrected chi connectivity index (χ3v) is 2.11. The fourth-order valence-corrected chi connectivity index (χ4v) is 1.37. The van der Waals surface area contributed by atoms with E-state index < -0.39 is 0 Å². The monoisotopic (exact) mass is 189 g/mol. The number of aromatic nitrogens is 2. The van der Waals surface area contributed by atoms with Crippen LogP contribution in [0, 0.1) is 5.92 Å².